The molecule has 1 aliphatic rings. The van der Waals surface area contributed by atoms with Gasteiger partial charge in [-0.2, -0.15) is 0 Å². The summed E-state index contributed by atoms with van der Waals surface area (Å²) in [6, 6.07) is 0. The Bertz CT molecular complexity index is 40.2. The van der Waals surface area contributed by atoms with Crippen molar-refractivity contribution in [2.24, 2.45) is 0 Å². The van der Waals surface area contributed by atoms with E-state index in [1.807, 2.05) is 0 Å². The molecule has 0 saturated heterocycles. The smallest absolute Gasteiger partial charge is 0.0332 e. The van der Waals surface area contributed by atoms with Crippen molar-refractivity contribution in [1.29, 1.82) is 0 Å². The summed E-state index contributed by atoms with van der Waals surface area (Å²) in [5, 5.41) is 0.585. The van der Waals surface area contributed by atoms with Crippen molar-refractivity contribution in [3.63, 3.8) is 0 Å². The number of hydrogen-bond acceptors (Lipinski definition) is 0. The van der Waals surface area contributed by atoms with E-state index in [2.05, 4.69) is 0 Å². The normalized spacial score (nSPS) is 49.8. The van der Waals surface area contributed by atoms with E-state index >= 15 is 0 Å². The van der Waals surface area contributed by atoms with E-state index in [1.165, 1.54) is 16.7 Å². The van der Waals surface area contributed by atoms with E-state index in [9.17, 15) is 0 Å². The van der Waals surface area contributed by atoms with Gasteiger partial charge in [0, 0.05) is 15.6 Å². The Kier molecular flexibility index (Phi) is 0.726. The van der Waals surface area contributed by atoms with E-state index in [-0.39, 0.29) is 0 Å². The maximum atomic E-state index is 5.57. The van der Waals surface area contributed by atoms with Crippen molar-refractivity contribution in [1.82, 2.24) is 0 Å². The molecule has 5 heavy (non-hydrogen) atoms. The zero-order valence-corrected chi connectivity index (χ0v) is 6.00. The molecule has 1 saturated carbocycles. The van der Waals surface area contributed by atoms with Crippen molar-refractivity contribution < 1.29 is 0 Å². The highest BCUT2D eigenvalue weighted by Crippen LogP contribution is 2.38. The lowest BCUT2D eigenvalue weighted by molar-refractivity contribution is 1.47. The molecular formula is C3H7ClSi. The number of hydrogen-bond donors (Lipinski definition) is 0. The van der Waals surface area contributed by atoms with Gasteiger partial charge in [0.1, 0.15) is 0 Å². The monoisotopic (exact) mass is 106 g/mol. The Balaban J connectivity index is 2.20. The zero-order valence-electron chi connectivity index (χ0n) is 3.24. The summed E-state index contributed by atoms with van der Waals surface area (Å²) in [5.41, 5.74) is 0.955. The van der Waals surface area contributed by atoms with E-state index in [1.54, 1.807) is 0 Å². The molecule has 0 heterocycles. The van der Waals surface area contributed by atoms with Crippen LogP contribution in [0.3, 0.4) is 0 Å². The van der Waals surface area contributed by atoms with Crippen LogP contribution in [0.5, 0.6) is 0 Å². The first kappa shape index (κ1) is 3.69. The van der Waals surface area contributed by atoms with Crippen molar-refractivity contribution >= 4 is 21.8 Å². The summed E-state index contributed by atoms with van der Waals surface area (Å²) >= 11 is 5.57. The Hall–Kier alpha value is 0.507. The molecular weight excluding hydrogens is 99.6 g/mol. The summed E-state index contributed by atoms with van der Waals surface area (Å²) in [5.74, 6) is 0. The molecule has 0 amide bonds. The van der Waals surface area contributed by atoms with Crippen LogP contribution in [0.4, 0.5) is 0 Å². The predicted molar refractivity (Wildman–Crippen MR) is 27.9 cm³/mol. The Labute approximate surface area is 39.9 Å². The first-order valence-corrected chi connectivity index (χ1v) is 3.54. The van der Waals surface area contributed by atoms with Gasteiger partial charge in [-0.05, 0) is 12.0 Å². The minimum absolute atomic E-state index is 0.585. The average molecular weight is 107 g/mol. The second-order valence-corrected chi connectivity index (χ2v) is 3.77. The van der Waals surface area contributed by atoms with Crippen molar-refractivity contribution in [3.8, 4) is 0 Å². The fourth-order valence-electron chi connectivity index (χ4n) is 0.277. The number of rotatable bonds is 0. The fraction of sp³-hybridized carbons (Fsp3) is 1.00. The van der Waals surface area contributed by atoms with Crippen molar-refractivity contribution in [3.05, 3.63) is 0 Å². The highest BCUT2D eigenvalue weighted by atomic mass is 35.5. The quantitative estimate of drug-likeness (QED) is 0.305. The zero-order chi connectivity index (χ0) is 3.86. The maximum Gasteiger partial charge on any atom is 0.0332 e. The Morgan fingerprint density at radius 3 is 2.00 bits per heavy atom. The molecule has 2 heteroatoms. The molecule has 0 aromatic carbocycles. The van der Waals surface area contributed by atoms with Gasteiger partial charge in [-0.15, -0.1) is 11.6 Å². The summed E-state index contributed by atoms with van der Waals surface area (Å²) < 4.78 is 0. The van der Waals surface area contributed by atoms with Gasteiger partial charge >= 0.3 is 0 Å². The molecule has 0 bridgehead atoms. The van der Waals surface area contributed by atoms with Crippen LogP contribution in [0, 0.1) is 0 Å². The molecule has 1 aliphatic carbocycles. The molecule has 0 aliphatic heterocycles. The van der Waals surface area contributed by atoms with Crippen molar-refractivity contribution in [2.45, 2.75) is 17.3 Å². The summed E-state index contributed by atoms with van der Waals surface area (Å²) in [6.07, 6.45) is 1.30. The highest BCUT2D eigenvalue weighted by Gasteiger charge is 2.29. The van der Waals surface area contributed by atoms with Gasteiger partial charge < -0.3 is 0 Å². The van der Waals surface area contributed by atoms with E-state index < -0.39 is 0 Å². The van der Waals surface area contributed by atoms with Gasteiger partial charge in [0.05, 0.1) is 0 Å². The molecule has 0 aromatic heterocycles. The molecule has 30 valence electrons. The third-order valence-corrected chi connectivity index (χ3v) is 3.32. The molecule has 2 unspecified atom stereocenters. The third kappa shape index (κ3) is 0.669. The molecule has 1 rings (SSSR count). The topological polar surface area (TPSA) is 0 Å². The first-order chi connectivity index (χ1) is 2.30. The summed E-state index contributed by atoms with van der Waals surface area (Å²) in [4.78, 5) is 0. The minimum atomic E-state index is 0.585. The Morgan fingerprint density at radius 1 is 1.80 bits per heavy atom. The second-order valence-electron chi connectivity index (χ2n) is 1.73. The molecule has 0 spiro atoms. The summed E-state index contributed by atoms with van der Waals surface area (Å²) in [7, 11) is 1.31. The van der Waals surface area contributed by atoms with Crippen LogP contribution in [0.25, 0.3) is 0 Å². The fourth-order valence-corrected chi connectivity index (χ4v) is 1.36. The highest BCUT2D eigenvalue weighted by molar-refractivity contribution is 6.30. The third-order valence-electron chi connectivity index (χ3n) is 1.01. The van der Waals surface area contributed by atoms with Gasteiger partial charge in [0.15, 0.2) is 0 Å². The van der Waals surface area contributed by atoms with Gasteiger partial charge in [0.25, 0.3) is 0 Å². The summed E-state index contributed by atoms with van der Waals surface area (Å²) in [6.45, 7) is 0. The minimum Gasteiger partial charge on any atom is -0.123 e. The van der Waals surface area contributed by atoms with Crippen LogP contribution in [0.1, 0.15) is 6.42 Å². The lowest BCUT2D eigenvalue weighted by Gasteiger charge is -1.64. The van der Waals surface area contributed by atoms with Gasteiger partial charge in [-0.25, -0.2) is 0 Å². The van der Waals surface area contributed by atoms with Crippen LogP contribution >= 0.6 is 11.6 Å². The lowest BCUT2D eigenvalue weighted by atomic mass is 11.0. The van der Waals surface area contributed by atoms with Gasteiger partial charge in [-0.3, -0.25) is 0 Å². The average Bonchev–Trinajstić information content (AvgIpc) is 1.79. The Morgan fingerprint density at radius 2 is 2.00 bits per heavy atom. The molecule has 0 aromatic rings. The maximum absolute atomic E-state index is 5.57. The van der Waals surface area contributed by atoms with Crippen molar-refractivity contribution in [2.75, 3.05) is 0 Å². The van der Waals surface area contributed by atoms with E-state index in [0.717, 1.165) is 5.54 Å². The first-order valence-electron chi connectivity index (χ1n) is 1.95. The van der Waals surface area contributed by atoms with E-state index in [0.29, 0.717) is 5.38 Å². The van der Waals surface area contributed by atoms with Gasteiger partial charge in [-0.1, -0.05) is 0 Å². The molecule has 1 fully saturated rings. The van der Waals surface area contributed by atoms with Crippen LogP contribution in [-0.2, 0) is 0 Å². The van der Waals surface area contributed by atoms with Crippen LogP contribution < -0.4 is 0 Å². The predicted octanol–water partition coefficient (Wildman–Crippen LogP) is 0.151. The molecule has 0 N–H and O–H groups in total. The number of alkyl halides is 1. The largest absolute Gasteiger partial charge is 0.123 e. The standard InChI is InChI=1S/C3H7ClSi/c4-2-1-3(2)5/h2-3H,1H2,5H3. The number of halogens is 1. The van der Waals surface area contributed by atoms with Crippen LogP contribution in [0.15, 0.2) is 0 Å². The SMILES string of the molecule is [SiH3]C1CC1Cl. The van der Waals surface area contributed by atoms with Crippen LogP contribution in [0.2, 0.25) is 5.54 Å². The molecule has 0 nitrogen and oxygen atoms in total. The van der Waals surface area contributed by atoms with E-state index in [4.69, 9.17) is 11.6 Å². The van der Waals surface area contributed by atoms with Gasteiger partial charge in [0.2, 0.25) is 0 Å². The lowest BCUT2D eigenvalue weighted by Crippen LogP contribution is -1.62. The molecule has 2 atom stereocenters. The second kappa shape index (κ2) is 0.984. The molecule has 0 radical (unpaired) electrons. The van der Waals surface area contributed by atoms with Crippen LogP contribution in [-0.4, -0.2) is 15.6 Å².